The lowest BCUT2D eigenvalue weighted by atomic mass is 9.85. The van der Waals surface area contributed by atoms with Crippen LogP contribution in [0.25, 0.3) is 22.6 Å². The summed E-state index contributed by atoms with van der Waals surface area (Å²) in [5.74, 6) is -1.26. The van der Waals surface area contributed by atoms with Crippen molar-refractivity contribution in [3.8, 4) is 28.4 Å². The number of amides is 4. The summed E-state index contributed by atoms with van der Waals surface area (Å²) in [7, 11) is 3.37. The number of aryl methyl sites for hydroxylation is 1. The molecule has 0 unspecified atom stereocenters. The van der Waals surface area contributed by atoms with E-state index < -0.39 is 48.1 Å². The third-order valence-corrected chi connectivity index (χ3v) is 11.8. The predicted molar refractivity (Wildman–Crippen MR) is 239 cm³/mol. The molecule has 18 heteroatoms. The summed E-state index contributed by atoms with van der Waals surface area (Å²) in [5.41, 5.74) is 4.56. The highest BCUT2D eigenvalue weighted by molar-refractivity contribution is 6.04. The minimum atomic E-state index is -1.05. The Morgan fingerprint density at radius 2 is 1.73 bits per heavy atom. The molecule has 0 radical (unpaired) electrons. The number of methoxy groups -OCH3 is 1. The van der Waals surface area contributed by atoms with Gasteiger partial charge in [0.15, 0.2) is 0 Å². The summed E-state index contributed by atoms with van der Waals surface area (Å²) in [6.45, 7) is 7.74. The number of carbonyl (C=O) groups excluding carboxylic acids is 4. The van der Waals surface area contributed by atoms with Gasteiger partial charge in [-0.25, -0.2) is 9.37 Å². The van der Waals surface area contributed by atoms with Crippen LogP contribution in [0, 0.1) is 5.41 Å². The quantitative estimate of drug-likeness (QED) is 0.102. The van der Waals surface area contributed by atoms with Gasteiger partial charge in [-0.05, 0) is 52.9 Å². The maximum absolute atomic E-state index is 14.4. The van der Waals surface area contributed by atoms with Crippen LogP contribution in [0.5, 0.6) is 5.75 Å². The minimum absolute atomic E-state index is 0.0131. The van der Waals surface area contributed by atoms with Crippen LogP contribution >= 0.6 is 0 Å². The fourth-order valence-corrected chi connectivity index (χ4v) is 8.14. The molecule has 17 nitrogen and oxygen atoms in total. The van der Waals surface area contributed by atoms with Crippen molar-refractivity contribution in [2.75, 3.05) is 63.3 Å². The molecule has 0 spiro atoms. The molecule has 0 bridgehead atoms. The van der Waals surface area contributed by atoms with E-state index in [0.717, 1.165) is 16.9 Å². The van der Waals surface area contributed by atoms with Gasteiger partial charge < -0.3 is 35.6 Å². The topological polar surface area (TPSA) is 203 Å². The lowest BCUT2D eigenvalue weighted by Gasteiger charge is -2.37. The number of aromatic nitrogens is 5. The average molecular weight is 878 g/mol. The molecule has 5 N–H and O–H groups in total. The van der Waals surface area contributed by atoms with Crippen molar-refractivity contribution in [3.63, 3.8) is 0 Å². The summed E-state index contributed by atoms with van der Waals surface area (Å²) >= 11 is 0. The molecule has 5 aromatic rings. The fourth-order valence-electron chi connectivity index (χ4n) is 8.14. The normalized spacial score (nSPS) is 17.7. The van der Waals surface area contributed by atoms with E-state index in [9.17, 15) is 28.7 Å². The van der Waals surface area contributed by atoms with Gasteiger partial charge in [-0.2, -0.15) is 10.2 Å². The molecule has 7 rings (SSSR count). The largest absolute Gasteiger partial charge is 0.494 e. The molecule has 0 aliphatic carbocycles. The molecular weight excluding hydrogens is 822 g/mol. The number of halogens is 1. The third kappa shape index (κ3) is 10.6. The van der Waals surface area contributed by atoms with Crippen molar-refractivity contribution in [1.29, 1.82) is 0 Å². The van der Waals surface area contributed by atoms with Crippen molar-refractivity contribution in [3.05, 3.63) is 96.4 Å². The number of piperazine rings is 1. The van der Waals surface area contributed by atoms with Gasteiger partial charge in [0.1, 0.15) is 30.2 Å². The SMILES string of the molecule is COc1cc(N2CCN(CCC(=O)N[C@H](C(=O)N3C[C@H](O)C[C@H]3C(=O)N[C@@H](CF)c3ccc(-c4ccnn4C)cc3)C(C)(C)C)CC2)ccc1NC(=O)c1cccc(-c2ccn[nH]2)n1. The number of alkyl halides is 1. The van der Waals surface area contributed by atoms with Gasteiger partial charge in [-0.3, -0.25) is 33.9 Å². The zero-order valence-electron chi connectivity index (χ0n) is 36.8. The zero-order valence-corrected chi connectivity index (χ0v) is 36.8. The lowest BCUT2D eigenvalue weighted by Crippen LogP contribution is -2.58. The first kappa shape index (κ1) is 45.4. The number of nitrogens with one attached hydrogen (secondary N) is 4. The number of anilines is 2. The molecular formula is C46H56FN11O6. The van der Waals surface area contributed by atoms with Crippen molar-refractivity contribution in [1.82, 2.24) is 45.4 Å². The second kappa shape index (κ2) is 19.8. The van der Waals surface area contributed by atoms with Crippen LogP contribution in [0.4, 0.5) is 15.8 Å². The maximum Gasteiger partial charge on any atom is 0.274 e. The van der Waals surface area contributed by atoms with E-state index >= 15 is 0 Å². The van der Waals surface area contributed by atoms with Crippen LogP contribution in [-0.4, -0.2) is 135 Å². The lowest BCUT2D eigenvalue weighted by molar-refractivity contribution is -0.144. The second-order valence-corrected chi connectivity index (χ2v) is 17.2. The number of benzene rings is 2. The number of carbonyl (C=O) groups is 4. The number of β-amino-alcohol motifs (C(OH)–C–C–N with tert-alkyl or cyclic N) is 1. The number of aliphatic hydroxyl groups excluding tert-OH is 1. The van der Waals surface area contributed by atoms with Crippen LogP contribution in [0.2, 0.25) is 0 Å². The van der Waals surface area contributed by atoms with Crippen LogP contribution in [-0.2, 0) is 21.4 Å². The first-order valence-corrected chi connectivity index (χ1v) is 21.4. The van der Waals surface area contributed by atoms with Crippen LogP contribution in [0.1, 0.15) is 55.7 Å². The number of rotatable bonds is 15. The first-order valence-electron chi connectivity index (χ1n) is 21.4. The van der Waals surface area contributed by atoms with Gasteiger partial charge in [0.25, 0.3) is 5.91 Å². The van der Waals surface area contributed by atoms with Gasteiger partial charge in [0.05, 0.1) is 42.0 Å². The summed E-state index contributed by atoms with van der Waals surface area (Å²) in [4.78, 5) is 64.7. The van der Waals surface area contributed by atoms with Gasteiger partial charge in [-0.15, -0.1) is 0 Å². The summed E-state index contributed by atoms with van der Waals surface area (Å²) in [6, 6.07) is 18.6. The van der Waals surface area contributed by atoms with E-state index in [1.54, 1.807) is 66.6 Å². The van der Waals surface area contributed by atoms with E-state index in [-0.39, 0.29) is 36.9 Å². The van der Waals surface area contributed by atoms with Crippen molar-refractivity contribution in [2.24, 2.45) is 12.5 Å². The number of H-pyrrole nitrogens is 1. The van der Waals surface area contributed by atoms with Crippen molar-refractivity contribution in [2.45, 2.75) is 57.8 Å². The van der Waals surface area contributed by atoms with Gasteiger partial charge >= 0.3 is 0 Å². The fraction of sp³-hybridized carbons (Fsp3) is 0.413. The Kier molecular flexibility index (Phi) is 14.0. The minimum Gasteiger partial charge on any atom is -0.494 e. The molecule has 3 aromatic heterocycles. The molecule has 2 saturated heterocycles. The van der Waals surface area contributed by atoms with E-state index in [1.165, 1.54) is 4.90 Å². The van der Waals surface area contributed by atoms with Crippen molar-refractivity contribution >= 4 is 35.0 Å². The highest BCUT2D eigenvalue weighted by Gasteiger charge is 2.45. The monoisotopic (exact) mass is 877 g/mol. The molecule has 2 aromatic carbocycles. The number of aromatic amines is 1. The Morgan fingerprint density at radius 1 is 0.969 bits per heavy atom. The average Bonchev–Trinajstić information content (AvgIpc) is 4.08. The maximum atomic E-state index is 14.4. The van der Waals surface area contributed by atoms with Crippen LogP contribution in [0.15, 0.2) is 85.2 Å². The molecule has 4 atom stereocenters. The zero-order chi connectivity index (χ0) is 45.5. The van der Waals surface area contributed by atoms with E-state index in [0.29, 0.717) is 61.1 Å². The Hall–Kier alpha value is -6.66. The Labute approximate surface area is 371 Å². The molecule has 338 valence electrons. The van der Waals surface area contributed by atoms with E-state index in [4.69, 9.17) is 4.74 Å². The van der Waals surface area contributed by atoms with E-state index in [2.05, 4.69) is 46.0 Å². The molecule has 64 heavy (non-hydrogen) atoms. The second-order valence-electron chi connectivity index (χ2n) is 17.2. The Balaban J connectivity index is 0.905. The number of ether oxygens (including phenoxy) is 1. The number of aliphatic hydroxyl groups is 1. The van der Waals surface area contributed by atoms with E-state index in [1.807, 2.05) is 58.2 Å². The number of likely N-dealkylation sites (tertiary alicyclic amines) is 1. The van der Waals surface area contributed by atoms with Crippen LogP contribution < -0.4 is 25.6 Å². The van der Waals surface area contributed by atoms with Crippen LogP contribution in [0.3, 0.4) is 0 Å². The number of pyridine rings is 1. The number of hydrogen-bond acceptors (Lipinski definition) is 11. The predicted octanol–water partition coefficient (Wildman–Crippen LogP) is 3.96. The highest BCUT2D eigenvalue weighted by atomic mass is 19.1. The van der Waals surface area contributed by atoms with Gasteiger partial charge in [0, 0.05) is 83.3 Å². The summed E-state index contributed by atoms with van der Waals surface area (Å²) in [6.07, 6.45) is 2.48. The first-order chi connectivity index (χ1) is 30.7. The third-order valence-electron chi connectivity index (χ3n) is 11.8. The standard InChI is InChI=1S/C46H56FN11O6/c1-46(2,3)42(45(63)58-28-32(59)26-39(58)44(62)52-37(27-47)29-9-11-30(12-10-29)38-16-19-49-55(38)4)53-41(60)17-20-56-21-23-57(24-22-56)31-13-14-35(40(25-31)64-5)51-43(61)36-8-6-7-33(50-36)34-15-18-48-54-34/h6-16,18-19,25,32,37,39,42,59H,17,20-24,26-28H2,1-5H3,(H,48,54)(H,51,61)(H,52,62)(H,53,60)/t32-,37+,39+,42-/m1/s1. The van der Waals surface area contributed by atoms with Crippen molar-refractivity contribution < 1.29 is 33.4 Å². The molecule has 4 amide bonds. The Morgan fingerprint density at radius 3 is 2.39 bits per heavy atom. The molecule has 2 fully saturated rings. The summed E-state index contributed by atoms with van der Waals surface area (Å²) < 4.78 is 21.8. The molecule has 0 saturated carbocycles. The molecule has 2 aliphatic rings. The van der Waals surface area contributed by atoms with Gasteiger partial charge in [-0.1, -0.05) is 51.1 Å². The highest BCUT2D eigenvalue weighted by Crippen LogP contribution is 2.32. The Bertz CT molecular complexity index is 2410. The number of nitrogens with zero attached hydrogens (tertiary/aromatic N) is 7. The number of hydrogen-bond donors (Lipinski definition) is 5. The summed E-state index contributed by atoms with van der Waals surface area (Å²) in [5, 5.41) is 30.3. The smallest absolute Gasteiger partial charge is 0.274 e. The molecule has 5 heterocycles. The van der Waals surface area contributed by atoms with Gasteiger partial charge in [0.2, 0.25) is 17.7 Å². The molecule has 2 aliphatic heterocycles.